The summed E-state index contributed by atoms with van der Waals surface area (Å²) in [5, 5.41) is 0. The Labute approximate surface area is 113 Å². The van der Waals surface area contributed by atoms with Gasteiger partial charge in [0.05, 0.1) is 5.69 Å². The molecule has 0 aliphatic heterocycles. The van der Waals surface area contributed by atoms with Crippen LogP contribution in [0.15, 0.2) is 72.9 Å². The third-order valence-electron chi connectivity index (χ3n) is 3.20. The van der Waals surface area contributed by atoms with Gasteiger partial charge < -0.3 is 0 Å². The van der Waals surface area contributed by atoms with Crippen LogP contribution in [0, 0.1) is 6.92 Å². The van der Waals surface area contributed by atoms with Gasteiger partial charge in [0.15, 0.2) is 0 Å². The molecule has 3 rings (SSSR count). The van der Waals surface area contributed by atoms with Crippen molar-refractivity contribution < 1.29 is 0 Å². The Morgan fingerprint density at radius 1 is 0.684 bits per heavy atom. The molecule has 0 aliphatic carbocycles. The van der Waals surface area contributed by atoms with Crippen molar-refractivity contribution in [3.63, 3.8) is 0 Å². The van der Waals surface area contributed by atoms with E-state index in [2.05, 4.69) is 66.5 Å². The molecule has 1 aromatic heterocycles. The number of rotatable bonds is 2. The second-order valence-corrected chi connectivity index (χ2v) is 4.66. The molecule has 2 aromatic carbocycles. The van der Waals surface area contributed by atoms with E-state index in [1.54, 1.807) is 0 Å². The minimum atomic E-state index is 1.03. The van der Waals surface area contributed by atoms with E-state index in [0.717, 1.165) is 11.3 Å². The summed E-state index contributed by atoms with van der Waals surface area (Å²) in [7, 11) is 0. The normalized spacial score (nSPS) is 10.4. The van der Waals surface area contributed by atoms with E-state index in [4.69, 9.17) is 0 Å². The molecule has 0 radical (unpaired) electrons. The third kappa shape index (κ3) is 2.55. The lowest BCUT2D eigenvalue weighted by molar-refractivity contribution is 1.29. The molecule has 92 valence electrons. The number of pyridine rings is 1. The average molecular weight is 245 g/mol. The van der Waals surface area contributed by atoms with Crippen molar-refractivity contribution in [2.24, 2.45) is 0 Å². The van der Waals surface area contributed by atoms with Crippen molar-refractivity contribution in [2.45, 2.75) is 6.92 Å². The van der Waals surface area contributed by atoms with Crippen molar-refractivity contribution in [1.29, 1.82) is 0 Å². The van der Waals surface area contributed by atoms with Gasteiger partial charge in [-0.25, -0.2) is 0 Å². The fourth-order valence-corrected chi connectivity index (χ4v) is 2.16. The van der Waals surface area contributed by atoms with Crippen molar-refractivity contribution in [3.8, 4) is 22.4 Å². The Morgan fingerprint density at radius 3 is 2.00 bits per heavy atom. The first kappa shape index (κ1) is 11.7. The first-order valence-corrected chi connectivity index (χ1v) is 6.41. The number of aryl methyl sites for hydroxylation is 1. The second kappa shape index (κ2) is 5.07. The van der Waals surface area contributed by atoms with E-state index in [1.807, 2.05) is 18.3 Å². The van der Waals surface area contributed by atoms with Crippen LogP contribution >= 0.6 is 0 Å². The highest BCUT2D eigenvalue weighted by Crippen LogP contribution is 2.23. The van der Waals surface area contributed by atoms with Gasteiger partial charge in [-0.3, -0.25) is 4.98 Å². The SMILES string of the molecule is Cc1ccnc(-c2ccc(-c3ccccc3)cc2)c1. The first-order chi connectivity index (χ1) is 9.33. The molecular weight excluding hydrogens is 230 g/mol. The van der Waals surface area contributed by atoms with Crippen LogP contribution in [0.25, 0.3) is 22.4 Å². The number of aromatic nitrogens is 1. The summed E-state index contributed by atoms with van der Waals surface area (Å²) in [5.41, 5.74) is 5.89. The van der Waals surface area contributed by atoms with Crippen LogP contribution in [0.1, 0.15) is 5.56 Å². The van der Waals surface area contributed by atoms with Gasteiger partial charge in [0.1, 0.15) is 0 Å². The largest absolute Gasteiger partial charge is 0.256 e. The minimum Gasteiger partial charge on any atom is -0.256 e. The van der Waals surface area contributed by atoms with Gasteiger partial charge in [-0.15, -0.1) is 0 Å². The Morgan fingerprint density at radius 2 is 1.32 bits per heavy atom. The number of hydrogen-bond acceptors (Lipinski definition) is 1. The van der Waals surface area contributed by atoms with Crippen molar-refractivity contribution >= 4 is 0 Å². The molecule has 0 amide bonds. The lowest BCUT2D eigenvalue weighted by Gasteiger charge is -2.05. The lowest BCUT2D eigenvalue weighted by Crippen LogP contribution is -1.84. The predicted octanol–water partition coefficient (Wildman–Crippen LogP) is 4.72. The minimum absolute atomic E-state index is 1.03. The van der Waals surface area contributed by atoms with Gasteiger partial charge in [0, 0.05) is 11.8 Å². The van der Waals surface area contributed by atoms with E-state index in [9.17, 15) is 0 Å². The monoisotopic (exact) mass is 245 g/mol. The summed E-state index contributed by atoms with van der Waals surface area (Å²) in [5.74, 6) is 0. The summed E-state index contributed by atoms with van der Waals surface area (Å²) in [6.07, 6.45) is 1.86. The zero-order chi connectivity index (χ0) is 13.1. The fourth-order valence-electron chi connectivity index (χ4n) is 2.16. The molecule has 0 saturated carbocycles. The fraction of sp³-hybridized carbons (Fsp3) is 0.0556. The average Bonchev–Trinajstić information content (AvgIpc) is 2.48. The molecule has 0 spiro atoms. The molecule has 1 heterocycles. The molecule has 1 nitrogen and oxygen atoms in total. The molecule has 0 N–H and O–H groups in total. The molecule has 1 heteroatoms. The molecule has 0 unspecified atom stereocenters. The Bertz CT molecular complexity index is 670. The number of benzene rings is 2. The number of hydrogen-bond donors (Lipinski definition) is 0. The van der Waals surface area contributed by atoms with Crippen LogP contribution in [0.3, 0.4) is 0 Å². The van der Waals surface area contributed by atoms with Gasteiger partial charge in [0.2, 0.25) is 0 Å². The lowest BCUT2D eigenvalue weighted by atomic mass is 10.0. The zero-order valence-corrected chi connectivity index (χ0v) is 10.9. The predicted molar refractivity (Wildman–Crippen MR) is 79.8 cm³/mol. The third-order valence-corrected chi connectivity index (χ3v) is 3.20. The van der Waals surface area contributed by atoms with Crippen molar-refractivity contribution in [2.75, 3.05) is 0 Å². The maximum atomic E-state index is 4.41. The highest BCUT2D eigenvalue weighted by molar-refractivity contribution is 5.68. The molecule has 0 bridgehead atoms. The van der Waals surface area contributed by atoms with Crippen LogP contribution in [0.4, 0.5) is 0 Å². The van der Waals surface area contributed by atoms with Gasteiger partial charge >= 0.3 is 0 Å². The summed E-state index contributed by atoms with van der Waals surface area (Å²) in [6, 6.07) is 23.1. The van der Waals surface area contributed by atoms with Crippen LogP contribution in [-0.4, -0.2) is 4.98 Å². The molecule has 3 aromatic rings. The van der Waals surface area contributed by atoms with Crippen LogP contribution in [-0.2, 0) is 0 Å². The van der Waals surface area contributed by atoms with Crippen LogP contribution < -0.4 is 0 Å². The highest BCUT2D eigenvalue weighted by atomic mass is 14.7. The number of nitrogens with zero attached hydrogens (tertiary/aromatic N) is 1. The van der Waals surface area contributed by atoms with Crippen molar-refractivity contribution in [3.05, 3.63) is 78.5 Å². The van der Waals surface area contributed by atoms with E-state index >= 15 is 0 Å². The summed E-state index contributed by atoms with van der Waals surface area (Å²) in [4.78, 5) is 4.41. The maximum absolute atomic E-state index is 4.41. The molecule has 19 heavy (non-hydrogen) atoms. The standard InChI is InChI=1S/C18H15N/c1-14-11-12-19-18(13-14)17-9-7-16(8-10-17)15-5-3-2-4-6-15/h2-13H,1H3. The topological polar surface area (TPSA) is 12.9 Å². The van der Waals surface area contributed by atoms with Crippen LogP contribution in [0.2, 0.25) is 0 Å². The first-order valence-electron chi connectivity index (χ1n) is 6.41. The molecule has 0 atom stereocenters. The Balaban J connectivity index is 1.95. The van der Waals surface area contributed by atoms with Gasteiger partial charge in [-0.1, -0.05) is 54.6 Å². The highest BCUT2D eigenvalue weighted by Gasteiger charge is 2.01. The smallest absolute Gasteiger partial charge is 0.0704 e. The summed E-state index contributed by atoms with van der Waals surface area (Å²) >= 11 is 0. The second-order valence-electron chi connectivity index (χ2n) is 4.66. The Hall–Kier alpha value is -2.41. The van der Waals surface area contributed by atoms with Gasteiger partial charge in [-0.2, -0.15) is 0 Å². The van der Waals surface area contributed by atoms with E-state index in [0.29, 0.717) is 0 Å². The molecule has 0 saturated heterocycles. The summed E-state index contributed by atoms with van der Waals surface area (Å²) < 4.78 is 0. The molecule has 0 aliphatic rings. The molecule has 0 fully saturated rings. The van der Waals surface area contributed by atoms with Gasteiger partial charge in [0.25, 0.3) is 0 Å². The van der Waals surface area contributed by atoms with E-state index in [1.165, 1.54) is 16.7 Å². The van der Waals surface area contributed by atoms with E-state index < -0.39 is 0 Å². The Kier molecular flexibility index (Phi) is 3.11. The molecular formula is C18H15N. The van der Waals surface area contributed by atoms with Gasteiger partial charge in [-0.05, 0) is 35.7 Å². The maximum Gasteiger partial charge on any atom is 0.0704 e. The van der Waals surface area contributed by atoms with Crippen LogP contribution in [0.5, 0.6) is 0 Å². The quantitative estimate of drug-likeness (QED) is 0.636. The zero-order valence-electron chi connectivity index (χ0n) is 10.9. The summed E-state index contributed by atoms with van der Waals surface area (Å²) in [6.45, 7) is 2.09. The van der Waals surface area contributed by atoms with Crippen molar-refractivity contribution in [1.82, 2.24) is 4.98 Å². The van der Waals surface area contributed by atoms with E-state index in [-0.39, 0.29) is 0 Å².